The molecule has 1 heterocycles. The smallest absolute Gasteiger partial charge is 0.201 e. The number of allylic oxidation sites excluding steroid dienone is 1. The number of Topliss-reactive ketones (excluding diaryl/α,β-unsaturated/α-hetero) is 1. The lowest BCUT2D eigenvalue weighted by atomic mass is 10.0. The number of sulfone groups is 1. The monoisotopic (exact) mass is 224 g/mol. The highest BCUT2D eigenvalue weighted by atomic mass is 32.2. The van der Waals surface area contributed by atoms with Crippen molar-refractivity contribution in [2.24, 2.45) is 0 Å². The highest BCUT2D eigenvalue weighted by molar-refractivity contribution is 7.95. The summed E-state index contributed by atoms with van der Waals surface area (Å²) in [5, 5.41) is 10.1. The van der Waals surface area contributed by atoms with Crippen molar-refractivity contribution in [3.8, 4) is 5.75 Å². The van der Waals surface area contributed by atoms with Crippen LogP contribution in [0.2, 0.25) is 0 Å². The van der Waals surface area contributed by atoms with Crippen LogP contribution < -0.4 is 0 Å². The second kappa shape index (κ2) is 2.93. The Kier molecular flexibility index (Phi) is 1.94. The summed E-state index contributed by atoms with van der Waals surface area (Å²) in [7, 11) is -3.57. The van der Waals surface area contributed by atoms with Crippen LogP contribution in [-0.2, 0) is 14.6 Å². The minimum atomic E-state index is -3.57. The molecule has 2 rings (SSSR count). The summed E-state index contributed by atoms with van der Waals surface area (Å²) in [6.07, 6.45) is 0. The van der Waals surface area contributed by atoms with Crippen LogP contribution in [0.3, 0.4) is 0 Å². The minimum absolute atomic E-state index is 0.00676. The van der Waals surface area contributed by atoms with E-state index in [2.05, 4.69) is 0 Å². The number of hydrogen-bond acceptors (Lipinski definition) is 4. The van der Waals surface area contributed by atoms with E-state index in [9.17, 15) is 18.3 Å². The summed E-state index contributed by atoms with van der Waals surface area (Å²) in [6.45, 7) is 1.31. The lowest BCUT2D eigenvalue weighted by Gasteiger charge is -2.01. The number of phenols is 1. The number of carbonyl (C=O) groups excluding carboxylic acids is 1. The minimum Gasteiger partial charge on any atom is -0.508 e. The maximum Gasteiger partial charge on any atom is 0.201 e. The van der Waals surface area contributed by atoms with Crippen molar-refractivity contribution in [3.63, 3.8) is 0 Å². The Morgan fingerprint density at radius 1 is 1.33 bits per heavy atom. The molecular weight excluding hydrogens is 216 g/mol. The van der Waals surface area contributed by atoms with Crippen molar-refractivity contribution in [3.05, 3.63) is 29.2 Å². The van der Waals surface area contributed by atoms with Gasteiger partial charge in [0.15, 0.2) is 5.78 Å². The normalized spacial score (nSPS) is 17.0. The molecule has 4 nitrogen and oxygen atoms in total. The van der Waals surface area contributed by atoms with Crippen LogP contribution in [0.25, 0.3) is 5.57 Å². The quantitative estimate of drug-likeness (QED) is 0.775. The SMILES string of the molecule is CC(=O)C1=CS(=O)(=O)c2cc(O)ccc21. The standard InChI is InChI=1S/C10H8O4S/c1-6(11)9-5-15(13,14)10-4-7(12)2-3-8(9)10/h2-5,12H,1H3. The van der Waals surface area contributed by atoms with Crippen LogP contribution in [0, 0.1) is 0 Å². The van der Waals surface area contributed by atoms with Crippen molar-refractivity contribution in [2.45, 2.75) is 11.8 Å². The molecule has 1 aromatic carbocycles. The zero-order chi connectivity index (χ0) is 11.2. The van der Waals surface area contributed by atoms with Crippen LogP contribution in [0.15, 0.2) is 28.5 Å². The molecule has 1 aliphatic rings. The average Bonchev–Trinajstić information content (AvgIpc) is 2.39. The first kappa shape index (κ1) is 9.92. The summed E-state index contributed by atoms with van der Waals surface area (Å²) in [6, 6.07) is 3.94. The zero-order valence-corrected chi connectivity index (χ0v) is 8.71. The maximum absolute atomic E-state index is 11.6. The average molecular weight is 224 g/mol. The van der Waals surface area contributed by atoms with Crippen molar-refractivity contribution in [1.29, 1.82) is 0 Å². The van der Waals surface area contributed by atoms with Gasteiger partial charge in [0.05, 0.1) is 4.90 Å². The number of aromatic hydroxyl groups is 1. The van der Waals surface area contributed by atoms with Gasteiger partial charge in [-0.3, -0.25) is 4.79 Å². The van der Waals surface area contributed by atoms with Gasteiger partial charge in [-0.1, -0.05) is 0 Å². The van der Waals surface area contributed by atoms with E-state index in [0.29, 0.717) is 5.56 Å². The Labute approximate surface area is 86.8 Å². The van der Waals surface area contributed by atoms with Crippen LogP contribution in [0.4, 0.5) is 0 Å². The van der Waals surface area contributed by atoms with E-state index in [4.69, 9.17) is 0 Å². The van der Waals surface area contributed by atoms with E-state index in [1.54, 1.807) is 0 Å². The van der Waals surface area contributed by atoms with Crippen molar-refractivity contribution < 1.29 is 18.3 Å². The summed E-state index contributed by atoms with van der Waals surface area (Å²) in [5.41, 5.74) is 0.533. The lowest BCUT2D eigenvalue weighted by Crippen LogP contribution is -1.94. The number of phenolic OH excluding ortho intramolecular Hbond substituents is 1. The van der Waals surface area contributed by atoms with E-state index < -0.39 is 9.84 Å². The molecule has 0 spiro atoms. The topological polar surface area (TPSA) is 71.4 Å². The largest absolute Gasteiger partial charge is 0.508 e. The molecule has 1 N–H and O–H groups in total. The van der Waals surface area contributed by atoms with Gasteiger partial charge in [0.1, 0.15) is 5.75 Å². The van der Waals surface area contributed by atoms with Crippen molar-refractivity contribution in [1.82, 2.24) is 0 Å². The molecule has 15 heavy (non-hydrogen) atoms. The maximum atomic E-state index is 11.6. The zero-order valence-electron chi connectivity index (χ0n) is 7.89. The summed E-state index contributed by atoms with van der Waals surface area (Å²) in [5.74, 6) is -0.432. The number of benzene rings is 1. The molecule has 0 aromatic heterocycles. The van der Waals surface area contributed by atoms with Crippen molar-refractivity contribution >= 4 is 21.2 Å². The lowest BCUT2D eigenvalue weighted by molar-refractivity contribution is -0.111. The molecule has 78 valence electrons. The Morgan fingerprint density at radius 3 is 2.60 bits per heavy atom. The van der Waals surface area contributed by atoms with Gasteiger partial charge < -0.3 is 5.11 Å². The molecule has 0 unspecified atom stereocenters. The number of ketones is 1. The van der Waals surface area contributed by atoms with Gasteiger partial charge in [-0.05, 0) is 25.1 Å². The number of fused-ring (bicyclic) bond motifs is 1. The van der Waals surface area contributed by atoms with E-state index in [1.807, 2.05) is 0 Å². The molecule has 0 radical (unpaired) electrons. The molecule has 0 bridgehead atoms. The Hall–Kier alpha value is -1.62. The first-order chi connectivity index (χ1) is 6.92. The highest BCUT2D eigenvalue weighted by Crippen LogP contribution is 2.35. The molecule has 0 amide bonds. The first-order valence-corrected chi connectivity index (χ1v) is 5.77. The third-order valence-electron chi connectivity index (χ3n) is 2.21. The number of rotatable bonds is 1. The van der Waals surface area contributed by atoms with Gasteiger partial charge in [0.25, 0.3) is 0 Å². The van der Waals surface area contributed by atoms with E-state index >= 15 is 0 Å². The summed E-state index contributed by atoms with van der Waals surface area (Å²) in [4.78, 5) is 11.2. The fourth-order valence-corrected chi connectivity index (χ4v) is 3.02. The molecule has 5 heteroatoms. The van der Waals surface area contributed by atoms with Crippen LogP contribution in [0.1, 0.15) is 12.5 Å². The van der Waals surface area contributed by atoms with Gasteiger partial charge in [-0.2, -0.15) is 0 Å². The van der Waals surface area contributed by atoms with Gasteiger partial charge in [0.2, 0.25) is 9.84 Å². The third-order valence-corrected chi connectivity index (χ3v) is 3.71. The van der Waals surface area contributed by atoms with Crippen LogP contribution in [-0.4, -0.2) is 19.3 Å². The molecule has 0 atom stereocenters. The van der Waals surface area contributed by atoms with Crippen LogP contribution >= 0.6 is 0 Å². The fraction of sp³-hybridized carbons (Fsp3) is 0.100. The van der Waals surface area contributed by atoms with Gasteiger partial charge in [-0.15, -0.1) is 0 Å². The van der Waals surface area contributed by atoms with Gasteiger partial charge in [0, 0.05) is 16.5 Å². The van der Waals surface area contributed by atoms with Crippen molar-refractivity contribution in [2.75, 3.05) is 0 Å². The molecule has 1 aromatic rings. The van der Waals surface area contributed by atoms with E-state index in [-0.39, 0.29) is 22.0 Å². The predicted molar refractivity (Wildman–Crippen MR) is 54.0 cm³/mol. The molecule has 0 fully saturated rings. The van der Waals surface area contributed by atoms with Gasteiger partial charge >= 0.3 is 0 Å². The molecule has 0 aliphatic carbocycles. The molecular formula is C10H8O4S. The highest BCUT2D eigenvalue weighted by Gasteiger charge is 2.29. The molecule has 0 saturated carbocycles. The van der Waals surface area contributed by atoms with Gasteiger partial charge in [-0.25, -0.2) is 8.42 Å². The van der Waals surface area contributed by atoms with E-state index in [0.717, 1.165) is 11.5 Å². The summed E-state index contributed by atoms with van der Waals surface area (Å²) >= 11 is 0. The number of hydrogen-bond donors (Lipinski definition) is 1. The Morgan fingerprint density at radius 2 is 2.00 bits per heavy atom. The summed E-state index contributed by atoms with van der Waals surface area (Å²) < 4.78 is 23.2. The Balaban J connectivity index is 2.79. The molecule has 1 aliphatic heterocycles. The second-order valence-corrected chi connectivity index (χ2v) is 5.08. The number of carbonyl (C=O) groups is 1. The van der Waals surface area contributed by atoms with Crippen LogP contribution in [0.5, 0.6) is 5.75 Å². The predicted octanol–water partition coefficient (Wildman–Crippen LogP) is 1.11. The third kappa shape index (κ3) is 1.45. The second-order valence-electron chi connectivity index (χ2n) is 3.31. The molecule has 0 saturated heterocycles. The van der Waals surface area contributed by atoms with E-state index in [1.165, 1.54) is 19.1 Å². The first-order valence-electron chi connectivity index (χ1n) is 4.23. The fourth-order valence-electron chi connectivity index (χ4n) is 1.52. The Bertz CT molecular complexity index is 581.